The Morgan fingerprint density at radius 3 is 2.67 bits per heavy atom. The lowest BCUT2D eigenvalue weighted by atomic mass is 10.2. The van der Waals surface area contributed by atoms with Crippen LogP contribution in [0, 0.1) is 0 Å². The minimum atomic E-state index is -2.56. The summed E-state index contributed by atoms with van der Waals surface area (Å²) >= 11 is 0. The minimum absolute atomic E-state index is 0.128. The Balaban J connectivity index is 1.91. The standard InChI is InChI=1S/C13H18F2N2O/c14-13(15)11-9-10(16)3-4-12(11)18-8-7-17-5-1-2-6-17/h3-4,9,13H,1-2,5-8,16H2. The van der Waals surface area contributed by atoms with Crippen LogP contribution in [0.25, 0.3) is 0 Å². The molecule has 0 aromatic heterocycles. The molecule has 1 fully saturated rings. The van der Waals surface area contributed by atoms with Crippen molar-refractivity contribution in [2.24, 2.45) is 0 Å². The van der Waals surface area contributed by atoms with Crippen LogP contribution in [0.1, 0.15) is 24.8 Å². The molecule has 1 aromatic carbocycles. The first-order valence-corrected chi connectivity index (χ1v) is 6.19. The number of benzene rings is 1. The first kappa shape index (κ1) is 13.1. The van der Waals surface area contributed by atoms with Gasteiger partial charge in [0.05, 0.1) is 5.56 Å². The third kappa shape index (κ3) is 3.32. The van der Waals surface area contributed by atoms with Crippen molar-refractivity contribution < 1.29 is 13.5 Å². The first-order valence-electron chi connectivity index (χ1n) is 6.19. The van der Waals surface area contributed by atoms with Crippen LogP contribution >= 0.6 is 0 Å². The van der Waals surface area contributed by atoms with Crippen LogP contribution in [0.4, 0.5) is 14.5 Å². The Hall–Kier alpha value is -1.36. The average molecular weight is 256 g/mol. The number of nitrogens with two attached hydrogens (primary N) is 1. The van der Waals surface area contributed by atoms with E-state index < -0.39 is 6.43 Å². The minimum Gasteiger partial charge on any atom is -0.492 e. The second kappa shape index (κ2) is 6.00. The molecule has 18 heavy (non-hydrogen) atoms. The van der Waals surface area contributed by atoms with Gasteiger partial charge in [0.1, 0.15) is 12.4 Å². The van der Waals surface area contributed by atoms with Crippen LogP contribution < -0.4 is 10.5 Å². The van der Waals surface area contributed by atoms with E-state index in [0.29, 0.717) is 12.3 Å². The summed E-state index contributed by atoms with van der Waals surface area (Å²) in [7, 11) is 0. The molecule has 3 nitrogen and oxygen atoms in total. The SMILES string of the molecule is Nc1ccc(OCCN2CCCC2)c(C(F)F)c1. The van der Waals surface area contributed by atoms with E-state index in [1.165, 1.54) is 25.0 Å². The number of nitrogen functional groups attached to an aromatic ring is 1. The Kier molecular flexibility index (Phi) is 4.36. The molecular weight excluding hydrogens is 238 g/mol. The number of likely N-dealkylation sites (tertiary alicyclic amines) is 1. The van der Waals surface area contributed by atoms with E-state index in [4.69, 9.17) is 10.5 Å². The largest absolute Gasteiger partial charge is 0.492 e. The van der Waals surface area contributed by atoms with E-state index in [-0.39, 0.29) is 11.3 Å². The van der Waals surface area contributed by atoms with Crippen molar-refractivity contribution in [1.29, 1.82) is 0 Å². The highest BCUT2D eigenvalue weighted by Crippen LogP contribution is 2.30. The highest BCUT2D eigenvalue weighted by atomic mass is 19.3. The van der Waals surface area contributed by atoms with Gasteiger partial charge in [0.2, 0.25) is 0 Å². The number of halogens is 2. The summed E-state index contributed by atoms with van der Waals surface area (Å²) in [5.74, 6) is 0.235. The van der Waals surface area contributed by atoms with Gasteiger partial charge in [-0.15, -0.1) is 0 Å². The highest BCUT2D eigenvalue weighted by molar-refractivity contribution is 5.48. The van der Waals surface area contributed by atoms with Crippen molar-refractivity contribution in [2.75, 3.05) is 32.0 Å². The van der Waals surface area contributed by atoms with E-state index in [9.17, 15) is 8.78 Å². The van der Waals surface area contributed by atoms with Gasteiger partial charge in [-0.25, -0.2) is 8.78 Å². The third-order valence-corrected chi connectivity index (χ3v) is 3.13. The van der Waals surface area contributed by atoms with Crippen molar-refractivity contribution in [3.05, 3.63) is 23.8 Å². The predicted octanol–water partition coefficient (Wildman–Crippen LogP) is 2.68. The van der Waals surface area contributed by atoms with Gasteiger partial charge >= 0.3 is 0 Å². The number of hydrogen-bond donors (Lipinski definition) is 1. The fourth-order valence-corrected chi connectivity index (χ4v) is 2.16. The lowest BCUT2D eigenvalue weighted by molar-refractivity contribution is 0.143. The van der Waals surface area contributed by atoms with Crippen molar-refractivity contribution in [3.8, 4) is 5.75 Å². The molecule has 0 aliphatic carbocycles. The van der Waals surface area contributed by atoms with Gasteiger partial charge in [-0.1, -0.05) is 0 Å². The molecule has 2 rings (SSSR count). The Morgan fingerprint density at radius 1 is 1.28 bits per heavy atom. The highest BCUT2D eigenvalue weighted by Gasteiger charge is 2.15. The van der Waals surface area contributed by atoms with E-state index in [1.54, 1.807) is 6.07 Å². The molecule has 1 saturated heterocycles. The topological polar surface area (TPSA) is 38.5 Å². The second-order valence-corrected chi connectivity index (χ2v) is 4.50. The van der Waals surface area contributed by atoms with Gasteiger partial charge < -0.3 is 10.5 Å². The molecule has 0 spiro atoms. The Labute approximate surface area is 106 Å². The Bertz CT molecular complexity index is 393. The van der Waals surface area contributed by atoms with E-state index in [0.717, 1.165) is 19.6 Å². The average Bonchev–Trinajstić information content (AvgIpc) is 2.84. The summed E-state index contributed by atoms with van der Waals surface area (Å²) in [6.45, 7) is 3.37. The number of nitrogens with zero attached hydrogens (tertiary/aromatic N) is 1. The molecule has 2 N–H and O–H groups in total. The zero-order valence-corrected chi connectivity index (χ0v) is 10.2. The van der Waals surface area contributed by atoms with Crippen LogP contribution in [0.3, 0.4) is 0 Å². The lowest BCUT2D eigenvalue weighted by Gasteiger charge is -2.16. The molecule has 0 bridgehead atoms. The lowest BCUT2D eigenvalue weighted by Crippen LogP contribution is -2.25. The van der Waals surface area contributed by atoms with E-state index >= 15 is 0 Å². The molecule has 1 aliphatic heterocycles. The molecule has 5 heteroatoms. The van der Waals surface area contributed by atoms with Crippen LogP contribution in [0.5, 0.6) is 5.75 Å². The van der Waals surface area contributed by atoms with Gasteiger partial charge in [-0.05, 0) is 44.1 Å². The fraction of sp³-hybridized carbons (Fsp3) is 0.538. The van der Waals surface area contributed by atoms with Gasteiger partial charge in [0.25, 0.3) is 6.43 Å². The predicted molar refractivity (Wildman–Crippen MR) is 67.0 cm³/mol. The van der Waals surface area contributed by atoms with Gasteiger partial charge in [0.15, 0.2) is 0 Å². The van der Waals surface area contributed by atoms with Crippen molar-refractivity contribution in [1.82, 2.24) is 4.90 Å². The van der Waals surface area contributed by atoms with Gasteiger partial charge in [-0.3, -0.25) is 4.90 Å². The number of rotatable bonds is 5. The third-order valence-electron chi connectivity index (χ3n) is 3.13. The normalized spacial score (nSPS) is 16.4. The van der Waals surface area contributed by atoms with Crippen LogP contribution in [0.2, 0.25) is 0 Å². The summed E-state index contributed by atoms with van der Waals surface area (Å²) in [5, 5.41) is 0. The maximum atomic E-state index is 12.8. The molecule has 0 atom stereocenters. The molecule has 0 unspecified atom stereocenters. The molecule has 0 saturated carbocycles. The number of ether oxygens (including phenoxy) is 1. The van der Waals surface area contributed by atoms with Gasteiger partial charge in [-0.2, -0.15) is 0 Å². The summed E-state index contributed by atoms with van der Waals surface area (Å²) < 4.78 is 31.0. The quantitative estimate of drug-likeness (QED) is 0.823. The zero-order valence-electron chi connectivity index (χ0n) is 10.2. The number of anilines is 1. The monoisotopic (exact) mass is 256 g/mol. The summed E-state index contributed by atoms with van der Waals surface area (Å²) in [6, 6.07) is 4.37. The summed E-state index contributed by atoms with van der Waals surface area (Å²) in [6.07, 6.45) is -0.135. The van der Waals surface area contributed by atoms with Crippen LogP contribution in [0.15, 0.2) is 18.2 Å². The maximum Gasteiger partial charge on any atom is 0.267 e. The summed E-state index contributed by atoms with van der Waals surface area (Å²) in [5.41, 5.74) is 5.70. The zero-order chi connectivity index (χ0) is 13.0. The second-order valence-electron chi connectivity index (χ2n) is 4.50. The molecule has 100 valence electrons. The molecule has 1 heterocycles. The van der Waals surface area contributed by atoms with E-state index in [2.05, 4.69) is 4.90 Å². The van der Waals surface area contributed by atoms with Crippen LogP contribution in [-0.4, -0.2) is 31.1 Å². The Morgan fingerprint density at radius 2 is 2.00 bits per heavy atom. The molecule has 0 amide bonds. The fourth-order valence-electron chi connectivity index (χ4n) is 2.16. The van der Waals surface area contributed by atoms with Crippen molar-refractivity contribution >= 4 is 5.69 Å². The van der Waals surface area contributed by atoms with Gasteiger partial charge in [0, 0.05) is 12.2 Å². The number of hydrogen-bond acceptors (Lipinski definition) is 3. The van der Waals surface area contributed by atoms with Crippen molar-refractivity contribution in [3.63, 3.8) is 0 Å². The molecular formula is C13H18F2N2O. The van der Waals surface area contributed by atoms with E-state index in [1.807, 2.05) is 0 Å². The smallest absolute Gasteiger partial charge is 0.267 e. The summed E-state index contributed by atoms with van der Waals surface area (Å²) in [4.78, 5) is 2.28. The van der Waals surface area contributed by atoms with Crippen molar-refractivity contribution in [2.45, 2.75) is 19.3 Å². The maximum absolute atomic E-state index is 12.8. The molecule has 1 aliphatic rings. The molecule has 1 aromatic rings. The first-order chi connectivity index (χ1) is 8.66. The molecule has 0 radical (unpaired) electrons. The van der Waals surface area contributed by atoms with Crippen LogP contribution in [-0.2, 0) is 0 Å². The number of alkyl halides is 2.